The monoisotopic (exact) mass is 487 g/mol. The number of nitro groups is 1. The van der Waals surface area contributed by atoms with Crippen molar-refractivity contribution in [2.75, 3.05) is 18.5 Å². The first-order valence-corrected chi connectivity index (χ1v) is 11.2. The van der Waals surface area contributed by atoms with Gasteiger partial charge in [0, 0.05) is 23.9 Å². The van der Waals surface area contributed by atoms with Crippen LogP contribution in [0.5, 0.6) is 17.2 Å². The molecule has 3 aromatic rings. The van der Waals surface area contributed by atoms with Crippen LogP contribution in [-0.4, -0.2) is 24.0 Å². The third-order valence-electron chi connectivity index (χ3n) is 4.86. The lowest BCUT2D eigenvalue weighted by molar-refractivity contribution is -0.384. The van der Waals surface area contributed by atoms with Crippen molar-refractivity contribution in [3.05, 3.63) is 93.5 Å². The molecule has 0 unspecified atom stereocenters. The van der Waals surface area contributed by atoms with Crippen LogP contribution in [0, 0.1) is 21.4 Å². The van der Waals surface area contributed by atoms with E-state index in [9.17, 15) is 20.2 Å². The SMILES string of the molecule is CCOc1cccc(NC(=O)/C(C#N)=C\c2ccc(OCc3cccc([N+](=O)[O-])c3)c(OCC)c2)c1. The van der Waals surface area contributed by atoms with Crippen molar-refractivity contribution in [3.63, 3.8) is 0 Å². The van der Waals surface area contributed by atoms with E-state index in [1.54, 1.807) is 54.6 Å². The maximum Gasteiger partial charge on any atom is 0.269 e. The molecule has 0 saturated heterocycles. The van der Waals surface area contributed by atoms with Crippen LogP contribution in [-0.2, 0) is 11.4 Å². The van der Waals surface area contributed by atoms with Crippen LogP contribution in [0.4, 0.5) is 11.4 Å². The minimum Gasteiger partial charge on any atom is -0.494 e. The first-order valence-electron chi connectivity index (χ1n) is 11.2. The molecule has 0 aliphatic carbocycles. The van der Waals surface area contributed by atoms with Gasteiger partial charge < -0.3 is 19.5 Å². The molecule has 0 radical (unpaired) electrons. The molecule has 0 heterocycles. The van der Waals surface area contributed by atoms with Crippen LogP contribution in [0.3, 0.4) is 0 Å². The summed E-state index contributed by atoms with van der Waals surface area (Å²) in [7, 11) is 0. The molecule has 9 heteroatoms. The molecule has 36 heavy (non-hydrogen) atoms. The molecule has 0 aromatic heterocycles. The van der Waals surface area contributed by atoms with E-state index in [1.807, 2.05) is 19.9 Å². The molecule has 0 bridgehead atoms. The number of ether oxygens (including phenoxy) is 3. The number of hydrogen-bond acceptors (Lipinski definition) is 7. The summed E-state index contributed by atoms with van der Waals surface area (Å²) in [4.78, 5) is 23.2. The molecule has 0 fully saturated rings. The number of non-ortho nitro benzene ring substituents is 1. The summed E-state index contributed by atoms with van der Waals surface area (Å²) in [6.07, 6.45) is 1.45. The minimum absolute atomic E-state index is 0.0199. The number of nitrogens with one attached hydrogen (secondary N) is 1. The third-order valence-corrected chi connectivity index (χ3v) is 4.86. The topological polar surface area (TPSA) is 124 Å². The van der Waals surface area contributed by atoms with Gasteiger partial charge in [-0.1, -0.05) is 24.3 Å². The van der Waals surface area contributed by atoms with Crippen LogP contribution in [0.25, 0.3) is 6.08 Å². The van der Waals surface area contributed by atoms with Gasteiger partial charge in [-0.2, -0.15) is 5.26 Å². The Balaban J connectivity index is 1.77. The van der Waals surface area contributed by atoms with E-state index in [0.29, 0.717) is 47.3 Å². The number of nitro benzene ring substituents is 1. The molecule has 0 aliphatic heterocycles. The maximum atomic E-state index is 12.7. The van der Waals surface area contributed by atoms with Crippen molar-refractivity contribution < 1.29 is 23.9 Å². The second kappa shape index (κ2) is 12.6. The molecule has 0 atom stereocenters. The van der Waals surface area contributed by atoms with Gasteiger partial charge >= 0.3 is 0 Å². The van der Waals surface area contributed by atoms with Gasteiger partial charge in [0.15, 0.2) is 11.5 Å². The first kappa shape index (κ1) is 25.8. The van der Waals surface area contributed by atoms with E-state index >= 15 is 0 Å². The van der Waals surface area contributed by atoms with Crippen molar-refractivity contribution in [1.82, 2.24) is 0 Å². The number of nitriles is 1. The predicted octanol–water partition coefficient (Wildman–Crippen LogP) is 5.52. The molecular formula is C27H25N3O6. The lowest BCUT2D eigenvalue weighted by Crippen LogP contribution is -2.13. The smallest absolute Gasteiger partial charge is 0.269 e. The fraction of sp³-hybridized carbons (Fsp3) is 0.185. The molecule has 184 valence electrons. The van der Waals surface area contributed by atoms with Crippen molar-refractivity contribution in [3.8, 4) is 23.3 Å². The van der Waals surface area contributed by atoms with Crippen molar-refractivity contribution in [2.45, 2.75) is 20.5 Å². The lowest BCUT2D eigenvalue weighted by Gasteiger charge is -2.13. The number of anilines is 1. The lowest BCUT2D eigenvalue weighted by atomic mass is 10.1. The summed E-state index contributed by atoms with van der Waals surface area (Å²) < 4.78 is 16.9. The number of nitrogens with zero attached hydrogens (tertiary/aromatic N) is 2. The highest BCUT2D eigenvalue weighted by molar-refractivity contribution is 6.09. The molecule has 0 saturated carbocycles. The number of benzene rings is 3. The number of rotatable bonds is 11. The third kappa shape index (κ3) is 7.08. The molecular weight excluding hydrogens is 462 g/mol. The Bertz CT molecular complexity index is 1310. The standard InChI is InChI=1S/C27H25N3O6/c1-3-34-24-10-6-8-22(16-24)29-27(31)21(17-28)13-19-11-12-25(26(15-19)35-4-2)36-18-20-7-5-9-23(14-20)30(32)33/h5-16H,3-4,18H2,1-2H3,(H,29,31)/b21-13-. The summed E-state index contributed by atoms with van der Waals surface area (Å²) in [5.41, 5.74) is 1.59. The Hall–Kier alpha value is -4.84. The highest BCUT2D eigenvalue weighted by Crippen LogP contribution is 2.30. The van der Waals surface area contributed by atoms with E-state index in [2.05, 4.69) is 5.32 Å². The average molecular weight is 488 g/mol. The molecule has 0 aliphatic rings. The Kier molecular flexibility index (Phi) is 9.00. The number of hydrogen-bond donors (Lipinski definition) is 1. The van der Waals surface area contributed by atoms with Gasteiger partial charge in [-0.05, 0) is 55.3 Å². The second-order valence-corrected chi connectivity index (χ2v) is 7.44. The highest BCUT2D eigenvalue weighted by Gasteiger charge is 2.13. The average Bonchev–Trinajstić information content (AvgIpc) is 2.87. The maximum absolute atomic E-state index is 12.7. The Morgan fingerprint density at radius 2 is 1.78 bits per heavy atom. The summed E-state index contributed by atoms with van der Waals surface area (Å²) in [5.74, 6) is 0.893. The van der Waals surface area contributed by atoms with Crippen LogP contribution >= 0.6 is 0 Å². The van der Waals surface area contributed by atoms with Crippen molar-refractivity contribution in [1.29, 1.82) is 5.26 Å². The zero-order valence-electron chi connectivity index (χ0n) is 19.9. The van der Waals surface area contributed by atoms with Gasteiger partial charge in [0.05, 0.1) is 18.1 Å². The van der Waals surface area contributed by atoms with Crippen molar-refractivity contribution in [2.24, 2.45) is 0 Å². The normalized spacial score (nSPS) is 10.8. The van der Waals surface area contributed by atoms with E-state index < -0.39 is 10.8 Å². The number of carbonyl (C=O) groups excluding carboxylic acids is 1. The first-order chi connectivity index (χ1) is 17.4. The number of amides is 1. The second-order valence-electron chi connectivity index (χ2n) is 7.44. The van der Waals surface area contributed by atoms with Gasteiger partial charge in [0.25, 0.3) is 11.6 Å². The summed E-state index contributed by atoms with van der Waals surface area (Å²) >= 11 is 0. The van der Waals surface area contributed by atoms with Gasteiger partial charge in [-0.3, -0.25) is 14.9 Å². The van der Waals surface area contributed by atoms with Gasteiger partial charge in [-0.25, -0.2) is 0 Å². The van der Waals surface area contributed by atoms with Gasteiger partial charge in [0.2, 0.25) is 0 Å². The highest BCUT2D eigenvalue weighted by atomic mass is 16.6. The Morgan fingerprint density at radius 3 is 2.50 bits per heavy atom. The fourth-order valence-corrected chi connectivity index (χ4v) is 3.27. The molecule has 0 spiro atoms. The molecule has 1 amide bonds. The quantitative estimate of drug-likeness (QED) is 0.163. The summed E-state index contributed by atoms with van der Waals surface area (Å²) in [5, 5.41) is 23.3. The van der Waals surface area contributed by atoms with Crippen LogP contribution in [0.15, 0.2) is 72.3 Å². The summed E-state index contributed by atoms with van der Waals surface area (Å²) in [6.45, 7) is 4.64. The zero-order valence-corrected chi connectivity index (χ0v) is 19.9. The van der Waals surface area contributed by atoms with Crippen LogP contribution in [0.2, 0.25) is 0 Å². The van der Waals surface area contributed by atoms with Gasteiger partial charge in [0.1, 0.15) is 24.0 Å². The Morgan fingerprint density at radius 1 is 1.00 bits per heavy atom. The summed E-state index contributed by atoms with van der Waals surface area (Å²) in [6, 6.07) is 20.0. The van der Waals surface area contributed by atoms with Crippen LogP contribution in [0.1, 0.15) is 25.0 Å². The molecule has 9 nitrogen and oxygen atoms in total. The molecule has 1 N–H and O–H groups in total. The van der Waals surface area contributed by atoms with E-state index in [-0.39, 0.29) is 17.9 Å². The number of carbonyl (C=O) groups is 1. The van der Waals surface area contributed by atoms with Crippen LogP contribution < -0.4 is 19.5 Å². The molecule has 3 aromatic carbocycles. The predicted molar refractivity (Wildman–Crippen MR) is 135 cm³/mol. The Labute approximate surface area is 208 Å². The fourth-order valence-electron chi connectivity index (χ4n) is 3.27. The van der Waals surface area contributed by atoms with Gasteiger partial charge in [-0.15, -0.1) is 0 Å². The van der Waals surface area contributed by atoms with E-state index in [1.165, 1.54) is 18.2 Å². The minimum atomic E-state index is -0.560. The van der Waals surface area contributed by atoms with E-state index in [4.69, 9.17) is 14.2 Å². The largest absolute Gasteiger partial charge is 0.494 e. The van der Waals surface area contributed by atoms with E-state index in [0.717, 1.165) is 0 Å². The molecule has 3 rings (SSSR count). The van der Waals surface area contributed by atoms with Crippen molar-refractivity contribution >= 4 is 23.4 Å². The zero-order chi connectivity index (χ0) is 25.9.